The number of nitrogens with one attached hydrogen (secondary N) is 1. The van der Waals surface area contributed by atoms with Gasteiger partial charge in [0.1, 0.15) is 19.3 Å². The summed E-state index contributed by atoms with van der Waals surface area (Å²) in [5.41, 5.74) is 1.96. The van der Waals surface area contributed by atoms with Crippen LogP contribution in [0.3, 0.4) is 0 Å². The number of aliphatic carboxylic acids is 1. The lowest BCUT2D eigenvalue weighted by Crippen LogP contribution is -2.38. The van der Waals surface area contributed by atoms with Gasteiger partial charge in [0.05, 0.1) is 0 Å². The van der Waals surface area contributed by atoms with Crippen LogP contribution < -0.4 is 14.8 Å². The van der Waals surface area contributed by atoms with E-state index in [9.17, 15) is 9.90 Å². The van der Waals surface area contributed by atoms with Crippen molar-refractivity contribution in [3.63, 3.8) is 0 Å². The number of hydrogen-bond acceptors (Lipinski definition) is 4. The molecular weight excluding hydrogens is 294 g/mol. The van der Waals surface area contributed by atoms with Crippen LogP contribution in [-0.4, -0.2) is 30.3 Å². The second-order valence-corrected chi connectivity index (χ2v) is 5.44. The summed E-state index contributed by atoms with van der Waals surface area (Å²) in [7, 11) is 0. The average molecular weight is 313 g/mol. The fourth-order valence-electron chi connectivity index (χ4n) is 2.54. The van der Waals surface area contributed by atoms with E-state index in [1.165, 1.54) is 0 Å². The number of fused-ring (bicyclic) bond motifs is 1. The molecule has 1 heterocycles. The van der Waals surface area contributed by atoms with Gasteiger partial charge in [0, 0.05) is 6.54 Å². The van der Waals surface area contributed by atoms with Gasteiger partial charge in [0.25, 0.3) is 0 Å². The van der Waals surface area contributed by atoms with Gasteiger partial charge in [0.2, 0.25) is 0 Å². The van der Waals surface area contributed by atoms with Crippen molar-refractivity contribution < 1.29 is 19.4 Å². The molecule has 0 aromatic heterocycles. The van der Waals surface area contributed by atoms with Crippen molar-refractivity contribution in [1.82, 2.24) is 5.32 Å². The molecule has 3 rings (SSSR count). The predicted octanol–water partition coefficient (Wildman–Crippen LogP) is 2.24. The number of carbonyl (C=O) groups is 1. The van der Waals surface area contributed by atoms with Gasteiger partial charge in [0.15, 0.2) is 11.5 Å². The van der Waals surface area contributed by atoms with E-state index in [1.54, 1.807) is 0 Å². The molecule has 120 valence electrons. The van der Waals surface area contributed by atoms with E-state index in [4.69, 9.17) is 9.47 Å². The van der Waals surface area contributed by atoms with Crippen LogP contribution in [0.4, 0.5) is 0 Å². The minimum Gasteiger partial charge on any atom is -0.486 e. The summed E-state index contributed by atoms with van der Waals surface area (Å²) < 4.78 is 11.0. The van der Waals surface area contributed by atoms with Crippen molar-refractivity contribution >= 4 is 5.97 Å². The van der Waals surface area contributed by atoms with Gasteiger partial charge in [-0.25, -0.2) is 0 Å². The van der Waals surface area contributed by atoms with Crippen LogP contribution in [-0.2, 0) is 17.8 Å². The molecule has 1 atom stereocenters. The van der Waals surface area contributed by atoms with Gasteiger partial charge in [-0.2, -0.15) is 0 Å². The lowest BCUT2D eigenvalue weighted by molar-refractivity contribution is -0.139. The summed E-state index contributed by atoms with van der Waals surface area (Å²) in [6.07, 6.45) is 0.445. The predicted molar refractivity (Wildman–Crippen MR) is 85.8 cm³/mol. The van der Waals surface area contributed by atoms with Crippen molar-refractivity contribution in [3.05, 3.63) is 59.7 Å². The van der Waals surface area contributed by atoms with Gasteiger partial charge in [-0.1, -0.05) is 36.4 Å². The third-order valence-electron chi connectivity index (χ3n) is 3.74. The molecule has 1 aliphatic heterocycles. The Morgan fingerprint density at radius 2 is 1.78 bits per heavy atom. The number of hydrogen-bond donors (Lipinski definition) is 2. The molecule has 2 N–H and O–H groups in total. The topological polar surface area (TPSA) is 67.8 Å². The summed E-state index contributed by atoms with van der Waals surface area (Å²) in [5, 5.41) is 12.5. The van der Waals surface area contributed by atoms with E-state index in [2.05, 4.69) is 5.32 Å². The van der Waals surface area contributed by atoms with Gasteiger partial charge >= 0.3 is 5.97 Å². The van der Waals surface area contributed by atoms with Crippen molar-refractivity contribution in [3.8, 4) is 11.5 Å². The Morgan fingerprint density at radius 1 is 1.04 bits per heavy atom. The molecule has 0 saturated carbocycles. The fraction of sp³-hybridized carbons (Fsp3) is 0.278. The highest BCUT2D eigenvalue weighted by Gasteiger charge is 2.18. The lowest BCUT2D eigenvalue weighted by Gasteiger charge is -2.19. The number of ether oxygens (including phenoxy) is 2. The van der Waals surface area contributed by atoms with Crippen molar-refractivity contribution in [2.24, 2.45) is 0 Å². The smallest absolute Gasteiger partial charge is 0.321 e. The number of carboxylic acid groups (broad SMARTS) is 1. The molecule has 0 amide bonds. The third kappa shape index (κ3) is 4.02. The zero-order chi connectivity index (χ0) is 16.1. The number of rotatable bonds is 6. The zero-order valence-corrected chi connectivity index (χ0v) is 12.7. The lowest BCUT2D eigenvalue weighted by atomic mass is 10.1. The maximum absolute atomic E-state index is 11.5. The highest BCUT2D eigenvalue weighted by atomic mass is 16.6. The van der Waals surface area contributed by atoms with E-state index in [0.29, 0.717) is 31.9 Å². The Kier molecular flexibility index (Phi) is 4.78. The maximum atomic E-state index is 11.5. The first-order chi connectivity index (χ1) is 11.2. The van der Waals surface area contributed by atoms with Crippen LogP contribution in [0.5, 0.6) is 11.5 Å². The van der Waals surface area contributed by atoms with Crippen LogP contribution >= 0.6 is 0 Å². The minimum absolute atomic E-state index is 0.445. The maximum Gasteiger partial charge on any atom is 0.321 e. The molecule has 0 unspecified atom stereocenters. The highest BCUT2D eigenvalue weighted by Crippen LogP contribution is 2.30. The summed E-state index contributed by atoms with van der Waals surface area (Å²) in [5.74, 6) is 0.593. The van der Waals surface area contributed by atoms with E-state index in [1.807, 2.05) is 48.5 Å². The summed E-state index contributed by atoms with van der Waals surface area (Å²) >= 11 is 0. The molecule has 5 nitrogen and oxygen atoms in total. The van der Waals surface area contributed by atoms with Crippen LogP contribution in [0.25, 0.3) is 0 Å². The fourth-order valence-corrected chi connectivity index (χ4v) is 2.54. The van der Waals surface area contributed by atoms with Gasteiger partial charge in [-0.3, -0.25) is 4.79 Å². The molecule has 2 aromatic rings. The van der Waals surface area contributed by atoms with E-state index >= 15 is 0 Å². The van der Waals surface area contributed by atoms with Crippen molar-refractivity contribution in [1.29, 1.82) is 0 Å². The Hall–Kier alpha value is -2.53. The minimum atomic E-state index is -0.855. The van der Waals surface area contributed by atoms with Crippen LogP contribution in [0.2, 0.25) is 0 Å². The molecule has 2 aromatic carbocycles. The average Bonchev–Trinajstić information content (AvgIpc) is 2.59. The third-order valence-corrected chi connectivity index (χ3v) is 3.74. The van der Waals surface area contributed by atoms with Crippen LogP contribution in [0, 0.1) is 0 Å². The Balaban J connectivity index is 1.64. The van der Waals surface area contributed by atoms with E-state index in [0.717, 1.165) is 16.9 Å². The number of benzene rings is 2. The summed E-state index contributed by atoms with van der Waals surface area (Å²) in [4.78, 5) is 11.5. The van der Waals surface area contributed by atoms with Crippen LogP contribution in [0.15, 0.2) is 48.5 Å². The zero-order valence-electron chi connectivity index (χ0n) is 12.7. The second-order valence-electron chi connectivity index (χ2n) is 5.44. The first-order valence-electron chi connectivity index (χ1n) is 7.61. The van der Waals surface area contributed by atoms with Gasteiger partial charge in [-0.05, 0) is 29.7 Å². The highest BCUT2D eigenvalue weighted by molar-refractivity contribution is 5.73. The molecule has 5 heteroatoms. The molecule has 1 aliphatic rings. The molecule has 0 fully saturated rings. The monoisotopic (exact) mass is 313 g/mol. The quantitative estimate of drug-likeness (QED) is 0.856. The normalized spacial score (nSPS) is 14.3. The Bertz CT molecular complexity index is 672. The van der Waals surface area contributed by atoms with Gasteiger partial charge in [-0.15, -0.1) is 0 Å². The second kappa shape index (κ2) is 7.15. The van der Waals surface area contributed by atoms with Crippen molar-refractivity contribution in [2.75, 3.05) is 13.2 Å². The summed E-state index contributed by atoms with van der Waals surface area (Å²) in [6.45, 7) is 1.55. The molecule has 0 radical (unpaired) electrons. The molecule has 23 heavy (non-hydrogen) atoms. The molecule has 0 bridgehead atoms. The molecule has 0 saturated heterocycles. The van der Waals surface area contributed by atoms with E-state index < -0.39 is 12.0 Å². The molecule has 0 aliphatic carbocycles. The van der Waals surface area contributed by atoms with Crippen LogP contribution in [0.1, 0.15) is 11.1 Å². The number of carboxylic acids is 1. The van der Waals surface area contributed by atoms with E-state index in [-0.39, 0.29) is 0 Å². The first kappa shape index (κ1) is 15.4. The Labute approximate surface area is 134 Å². The first-order valence-corrected chi connectivity index (χ1v) is 7.61. The molecular formula is C18H19NO4. The standard InChI is InChI=1S/C18H19NO4/c20-18(21)15(10-13-4-2-1-3-5-13)19-12-14-6-7-16-17(11-14)23-9-8-22-16/h1-7,11,15,19H,8-10,12H2,(H,20,21)/t15-/m0/s1. The van der Waals surface area contributed by atoms with Crippen molar-refractivity contribution in [2.45, 2.75) is 19.0 Å². The largest absolute Gasteiger partial charge is 0.486 e. The summed E-state index contributed by atoms with van der Waals surface area (Å²) in [6, 6.07) is 14.6. The SMILES string of the molecule is O=C(O)[C@H](Cc1ccccc1)NCc1ccc2c(c1)OCCO2. The van der Waals surface area contributed by atoms with Gasteiger partial charge < -0.3 is 19.9 Å². The molecule has 0 spiro atoms. The Morgan fingerprint density at radius 3 is 2.52 bits per heavy atom.